The van der Waals surface area contributed by atoms with Crippen LogP contribution in [0.3, 0.4) is 0 Å². The molecular formula is C14H23NO. The first-order chi connectivity index (χ1) is 7.66. The molecule has 0 aromatic rings. The third-order valence-electron chi connectivity index (χ3n) is 2.41. The Morgan fingerprint density at radius 1 is 1.31 bits per heavy atom. The highest BCUT2D eigenvalue weighted by Gasteiger charge is 2.10. The van der Waals surface area contributed by atoms with Crippen LogP contribution in [-0.4, -0.2) is 17.9 Å². The molecule has 1 aliphatic carbocycles. The maximum atomic E-state index is 11.3. The summed E-state index contributed by atoms with van der Waals surface area (Å²) in [6.45, 7) is 7.69. The summed E-state index contributed by atoms with van der Waals surface area (Å²) in [5.74, 6) is 0.0749. The van der Waals surface area contributed by atoms with Gasteiger partial charge in [-0.15, -0.1) is 0 Å². The molecule has 0 aliphatic heterocycles. The van der Waals surface area contributed by atoms with E-state index < -0.39 is 0 Å². The fourth-order valence-corrected chi connectivity index (χ4v) is 1.46. The van der Waals surface area contributed by atoms with E-state index in [1.54, 1.807) is 11.8 Å². The van der Waals surface area contributed by atoms with Crippen LogP contribution in [0.1, 0.15) is 40.5 Å². The lowest BCUT2D eigenvalue weighted by atomic mass is 10.1. The lowest BCUT2D eigenvalue weighted by Crippen LogP contribution is -2.23. The van der Waals surface area contributed by atoms with Crippen LogP contribution < -0.4 is 0 Å². The van der Waals surface area contributed by atoms with Crippen molar-refractivity contribution >= 4 is 5.91 Å². The number of hydrogen-bond donors (Lipinski definition) is 0. The number of likely N-dealkylation sites (N-methyl/N-ethyl adjacent to an activating group) is 1. The van der Waals surface area contributed by atoms with E-state index in [4.69, 9.17) is 0 Å². The number of hydrogen-bond acceptors (Lipinski definition) is 1. The molecule has 0 saturated heterocycles. The molecule has 0 aromatic heterocycles. The summed E-state index contributed by atoms with van der Waals surface area (Å²) < 4.78 is 0. The van der Waals surface area contributed by atoms with E-state index in [9.17, 15) is 4.79 Å². The predicted octanol–water partition coefficient (Wildman–Crippen LogP) is 3.67. The van der Waals surface area contributed by atoms with Gasteiger partial charge in [0.15, 0.2) is 0 Å². The van der Waals surface area contributed by atoms with Gasteiger partial charge in [-0.25, -0.2) is 0 Å². The van der Waals surface area contributed by atoms with Crippen LogP contribution in [0.5, 0.6) is 0 Å². The number of allylic oxidation sites excluding steroid dienone is 5. The summed E-state index contributed by atoms with van der Waals surface area (Å²) >= 11 is 0. The maximum absolute atomic E-state index is 11.3. The molecule has 0 unspecified atom stereocenters. The number of carbonyl (C=O) groups is 1. The highest BCUT2D eigenvalue weighted by molar-refractivity contribution is 5.76. The Bertz CT molecular complexity index is 311. The fourth-order valence-electron chi connectivity index (χ4n) is 1.46. The molecule has 0 bridgehead atoms. The van der Waals surface area contributed by atoms with Crippen molar-refractivity contribution in [3.8, 4) is 0 Å². The van der Waals surface area contributed by atoms with Gasteiger partial charge in [0.1, 0.15) is 0 Å². The quantitative estimate of drug-likeness (QED) is 0.696. The molecule has 0 fully saturated rings. The molecule has 1 amide bonds. The van der Waals surface area contributed by atoms with Crippen LogP contribution in [-0.2, 0) is 4.79 Å². The van der Waals surface area contributed by atoms with Gasteiger partial charge in [0, 0.05) is 19.7 Å². The molecule has 0 N–H and O–H groups in total. The molecule has 0 saturated carbocycles. The number of amides is 1. The van der Waals surface area contributed by atoms with E-state index in [1.165, 1.54) is 5.57 Å². The second kappa shape index (κ2) is 7.91. The standard InChI is InChI=1S/C12H17NO.C2H6/c1-4-11-8-6-5-7-9-12(11)13(3)10(2)14;1-2/h6-9H,4-5H2,1-3H3;1-2H3. The van der Waals surface area contributed by atoms with Crippen molar-refractivity contribution in [1.82, 2.24) is 4.90 Å². The van der Waals surface area contributed by atoms with Gasteiger partial charge in [-0.05, 0) is 24.5 Å². The van der Waals surface area contributed by atoms with Gasteiger partial charge in [0.05, 0.1) is 0 Å². The molecule has 0 spiro atoms. The van der Waals surface area contributed by atoms with Crippen LogP contribution in [0.25, 0.3) is 0 Å². The molecule has 0 aromatic carbocycles. The minimum atomic E-state index is 0.0749. The molecule has 90 valence electrons. The Labute approximate surface area is 99.3 Å². The molecule has 0 heterocycles. The summed E-state index contributed by atoms with van der Waals surface area (Å²) in [5.41, 5.74) is 2.24. The first kappa shape index (κ1) is 14.7. The van der Waals surface area contributed by atoms with Gasteiger partial charge in [0.25, 0.3) is 0 Å². The summed E-state index contributed by atoms with van der Waals surface area (Å²) in [7, 11) is 1.82. The van der Waals surface area contributed by atoms with Gasteiger partial charge in [-0.2, -0.15) is 0 Å². The third kappa shape index (κ3) is 4.05. The minimum Gasteiger partial charge on any atom is -0.315 e. The van der Waals surface area contributed by atoms with Crippen molar-refractivity contribution in [2.45, 2.75) is 40.5 Å². The number of nitrogens with zero attached hydrogens (tertiary/aromatic N) is 1. The Kier molecular flexibility index (Phi) is 7.27. The van der Waals surface area contributed by atoms with Gasteiger partial charge in [0.2, 0.25) is 5.91 Å². The summed E-state index contributed by atoms with van der Waals surface area (Å²) in [5, 5.41) is 0. The third-order valence-corrected chi connectivity index (χ3v) is 2.41. The first-order valence-corrected chi connectivity index (χ1v) is 5.97. The Morgan fingerprint density at radius 3 is 2.38 bits per heavy atom. The van der Waals surface area contributed by atoms with E-state index in [0.29, 0.717) is 0 Å². The molecule has 1 rings (SSSR count). The molecule has 2 nitrogen and oxygen atoms in total. The summed E-state index contributed by atoms with van der Waals surface area (Å²) in [4.78, 5) is 12.9. The Hall–Kier alpha value is -1.31. The van der Waals surface area contributed by atoms with Crippen LogP contribution in [0.4, 0.5) is 0 Å². The highest BCUT2D eigenvalue weighted by atomic mass is 16.2. The van der Waals surface area contributed by atoms with Crippen molar-refractivity contribution in [2.24, 2.45) is 0 Å². The molecular weight excluding hydrogens is 198 g/mol. The second-order valence-electron chi connectivity index (χ2n) is 3.38. The van der Waals surface area contributed by atoms with Crippen LogP contribution in [0.2, 0.25) is 0 Å². The maximum Gasteiger partial charge on any atom is 0.223 e. The SMILES string of the molecule is CC.CCC1=C(N(C)C(C)=O)C=CCC=C1. The van der Waals surface area contributed by atoms with Crippen molar-refractivity contribution < 1.29 is 4.79 Å². The zero-order valence-corrected chi connectivity index (χ0v) is 11.1. The van der Waals surface area contributed by atoms with Crippen molar-refractivity contribution in [3.05, 3.63) is 35.6 Å². The lowest BCUT2D eigenvalue weighted by Gasteiger charge is -2.18. The predicted molar refractivity (Wildman–Crippen MR) is 70.0 cm³/mol. The van der Waals surface area contributed by atoms with E-state index >= 15 is 0 Å². The molecule has 2 heteroatoms. The van der Waals surface area contributed by atoms with Crippen LogP contribution >= 0.6 is 0 Å². The topological polar surface area (TPSA) is 20.3 Å². The van der Waals surface area contributed by atoms with Crippen LogP contribution in [0, 0.1) is 0 Å². The molecule has 1 aliphatic rings. The second-order valence-corrected chi connectivity index (χ2v) is 3.38. The smallest absolute Gasteiger partial charge is 0.223 e. The van der Waals surface area contributed by atoms with Crippen molar-refractivity contribution in [2.75, 3.05) is 7.05 Å². The zero-order valence-electron chi connectivity index (χ0n) is 11.1. The molecule has 16 heavy (non-hydrogen) atoms. The van der Waals surface area contributed by atoms with E-state index in [1.807, 2.05) is 27.0 Å². The first-order valence-electron chi connectivity index (χ1n) is 5.97. The van der Waals surface area contributed by atoms with Gasteiger partial charge >= 0.3 is 0 Å². The average Bonchev–Trinajstić information content (AvgIpc) is 2.55. The molecule has 0 atom stereocenters. The van der Waals surface area contributed by atoms with Gasteiger partial charge in [-0.3, -0.25) is 4.79 Å². The summed E-state index contributed by atoms with van der Waals surface area (Å²) in [6, 6.07) is 0. The summed E-state index contributed by atoms with van der Waals surface area (Å²) in [6.07, 6.45) is 10.2. The zero-order chi connectivity index (χ0) is 12.6. The Morgan fingerprint density at radius 2 is 1.88 bits per heavy atom. The number of carbonyl (C=O) groups excluding carboxylic acids is 1. The average molecular weight is 221 g/mol. The monoisotopic (exact) mass is 221 g/mol. The van der Waals surface area contributed by atoms with Crippen molar-refractivity contribution in [1.29, 1.82) is 0 Å². The highest BCUT2D eigenvalue weighted by Crippen LogP contribution is 2.18. The largest absolute Gasteiger partial charge is 0.315 e. The van der Waals surface area contributed by atoms with Gasteiger partial charge in [-0.1, -0.05) is 39.0 Å². The fraction of sp³-hybridized carbons (Fsp3) is 0.500. The van der Waals surface area contributed by atoms with Crippen molar-refractivity contribution in [3.63, 3.8) is 0 Å². The van der Waals surface area contributed by atoms with E-state index in [2.05, 4.69) is 25.2 Å². The minimum absolute atomic E-state index is 0.0749. The Balaban J connectivity index is 0.00000106. The van der Waals surface area contributed by atoms with E-state index in [0.717, 1.165) is 18.5 Å². The number of rotatable bonds is 2. The molecule has 0 radical (unpaired) electrons. The van der Waals surface area contributed by atoms with E-state index in [-0.39, 0.29) is 5.91 Å². The van der Waals surface area contributed by atoms with Crippen LogP contribution in [0.15, 0.2) is 35.6 Å². The normalized spacial score (nSPS) is 14.1. The van der Waals surface area contributed by atoms with Gasteiger partial charge < -0.3 is 4.90 Å². The lowest BCUT2D eigenvalue weighted by molar-refractivity contribution is -0.125.